The molecule has 0 bridgehead atoms. The Morgan fingerprint density at radius 1 is 1.05 bits per heavy atom. The van der Waals surface area contributed by atoms with Crippen molar-refractivity contribution >= 4 is 22.6 Å². The van der Waals surface area contributed by atoms with E-state index >= 15 is 0 Å². The predicted molar refractivity (Wildman–Crippen MR) is 99.8 cm³/mol. The smallest absolute Gasteiger partial charge is 0.0361 e. The molecule has 0 spiro atoms. The van der Waals surface area contributed by atoms with Gasteiger partial charge in [0.15, 0.2) is 0 Å². The fraction of sp³-hybridized carbons (Fsp3) is 0.368. The van der Waals surface area contributed by atoms with Crippen LogP contribution in [-0.2, 0) is 6.42 Å². The van der Waals surface area contributed by atoms with E-state index in [-0.39, 0.29) is 0 Å². The molecule has 0 aliphatic carbocycles. The lowest BCUT2D eigenvalue weighted by molar-refractivity contribution is 0.529. The van der Waals surface area contributed by atoms with Crippen molar-refractivity contribution in [3.63, 3.8) is 0 Å². The molecule has 1 nitrogen and oxygen atoms in total. The topological polar surface area (TPSA) is 12.0 Å². The fourth-order valence-electron chi connectivity index (χ4n) is 2.77. The summed E-state index contributed by atoms with van der Waals surface area (Å²) in [7, 11) is 0. The van der Waals surface area contributed by atoms with Crippen LogP contribution in [0.5, 0.6) is 0 Å². The second-order valence-electron chi connectivity index (χ2n) is 5.76. The molecule has 0 fully saturated rings. The Balaban J connectivity index is 2.23. The molecule has 2 rings (SSSR count). The first kappa shape index (κ1) is 16.5. The van der Waals surface area contributed by atoms with Gasteiger partial charge in [0.2, 0.25) is 0 Å². The summed E-state index contributed by atoms with van der Waals surface area (Å²) in [6.07, 6.45) is 2.20. The van der Waals surface area contributed by atoms with E-state index < -0.39 is 0 Å². The third kappa shape index (κ3) is 5.11. The van der Waals surface area contributed by atoms with Crippen molar-refractivity contribution in [2.45, 2.75) is 39.7 Å². The Bertz CT molecular complexity index is 572. The first-order valence-corrected chi connectivity index (χ1v) is 8.72. The number of benzene rings is 2. The zero-order chi connectivity index (χ0) is 15.2. The molecule has 21 heavy (non-hydrogen) atoms. The van der Waals surface area contributed by atoms with Gasteiger partial charge >= 0.3 is 0 Å². The number of aryl methyl sites for hydroxylation is 2. The molecule has 2 heteroatoms. The van der Waals surface area contributed by atoms with Gasteiger partial charge in [0.1, 0.15) is 0 Å². The molecule has 1 N–H and O–H groups in total. The average Bonchev–Trinajstić information content (AvgIpc) is 2.42. The average molecular weight is 393 g/mol. The highest BCUT2D eigenvalue weighted by molar-refractivity contribution is 14.1. The maximum Gasteiger partial charge on any atom is 0.0361 e. The van der Waals surface area contributed by atoms with E-state index in [1.54, 1.807) is 0 Å². The van der Waals surface area contributed by atoms with Crippen molar-refractivity contribution in [1.82, 2.24) is 5.32 Å². The van der Waals surface area contributed by atoms with Gasteiger partial charge in [-0.1, -0.05) is 48.4 Å². The van der Waals surface area contributed by atoms with Gasteiger partial charge in [-0.15, -0.1) is 0 Å². The van der Waals surface area contributed by atoms with Crippen LogP contribution in [0.1, 0.15) is 41.6 Å². The summed E-state index contributed by atoms with van der Waals surface area (Å²) in [6.45, 7) is 7.63. The molecule has 2 aromatic rings. The van der Waals surface area contributed by atoms with Crippen LogP contribution < -0.4 is 5.32 Å². The number of rotatable bonds is 6. The molecule has 112 valence electrons. The van der Waals surface area contributed by atoms with Crippen molar-refractivity contribution in [2.24, 2.45) is 0 Å². The van der Waals surface area contributed by atoms with Gasteiger partial charge in [0, 0.05) is 9.61 Å². The molecule has 2 aromatic carbocycles. The van der Waals surface area contributed by atoms with Crippen molar-refractivity contribution in [3.05, 3.63) is 68.3 Å². The molecule has 0 aromatic heterocycles. The van der Waals surface area contributed by atoms with Crippen molar-refractivity contribution in [2.75, 3.05) is 6.54 Å². The highest BCUT2D eigenvalue weighted by Gasteiger charge is 2.12. The minimum atomic E-state index is 0.390. The SMILES string of the molecule is CCCNC(Cc1cc(C)cc(C)c1)c1cccc(I)c1. The molecule has 0 aliphatic heterocycles. The molecule has 0 saturated carbocycles. The van der Waals surface area contributed by atoms with Crippen molar-refractivity contribution in [3.8, 4) is 0 Å². The van der Waals surface area contributed by atoms with Gasteiger partial charge in [0.05, 0.1) is 0 Å². The number of hydrogen-bond acceptors (Lipinski definition) is 1. The van der Waals surface area contributed by atoms with Crippen LogP contribution in [0.4, 0.5) is 0 Å². The Morgan fingerprint density at radius 3 is 2.38 bits per heavy atom. The van der Waals surface area contributed by atoms with Gasteiger partial charge < -0.3 is 5.32 Å². The minimum Gasteiger partial charge on any atom is -0.310 e. The summed E-state index contributed by atoms with van der Waals surface area (Å²) in [4.78, 5) is 0. The summed E-state index contributed by atoms with van der Waals surface area (Å²) < 4.78 is 1.30. The highest BCUT2D eigenvalue weighted by atomic mass is 127. The van der Waals surface area contributed by atoms with E-state index in [0.717, 1.165) is 19.4 Å². The van der Waals surface area contributed by atoms with Crippen LogP contribution in [0, 0.1) is 17.4 Å². The molecule has 1 atom stereocenters. The third-order valence-electron chi connectivity index (χ3n) is 3.61. The van der Waals surface area contributed by atoms with Crippen molar-refractivity contribution in [1.29, 1.82) is 0 Å². The van der Waals surface area contributed by atoms with Gasteiger partial charge in [-0.3, -0.25) is 0 Å². The van der Waals surface area contributed by atoms with Crippen LogP contribution in [-0.4, -0.2) is 6.54 Å². The third-order valence-corrected chi connectivity index (χ3v) is 4.28. The molecule has 0 amide bonds. The summed E-state index contributed by atoms with van der Waals surface area (Å²) in [5.41, 5.74) is 5.50. The van der Waals surface area contributed by atoms with E-state index in [4.69, 9.17) is 0 Å². The number of nitrogens with one attached hydrogen (secondary N) is 1. The normalized spacial score (nSPS) is 12.4. The van der Waals surface area contributed by atoms with Crippen LogP contribution in [0.2, 0.25) is 0 Å². The largest absolute Gasteiger partial charge is 0.310 e. The highest BCUT2D eigenvalue weighted by Crippen LogP contribution is 2.22. The maximum absolute atomic E-state index is 3.70. The van der Waals surface area contributed by atoms with E-state index in [1.807, 2.05) is 0 Å². The Hall–Kier alpha value is -0.870. The van der Waals surface area contributed by atoms with E-state index in [0.29, 0.717) is 6.04 Å². The lowest BCUT2D eigenvalue weighted by atomic mass is 9.96. The zero-order valence-corrected chi connectivity index (χ0v) is 15.3. The molecule has 0 radical (unpaired) electrons. The first-order chi connectivity index (χ1) is 10.1. The van der Waals surface area contributed by atoms with Gasteiger partial charge in [-0.05, 0) is 79.1 Å². The first-order valence-electron chi connectivity index (χ1n) is 7.64. The Labute approximate surface area is 142 Å². The molecule has 0 heterocycles. The lowest BCUT2D eigenvalue weighted by Crippen LogP contribution is -2.24. The molecular formula is C19H24IN. The lowest BCUT2D eigenvalue weighted by Gasteiger charge is -2.20. The standard InChI is InChI=1S/C19H24IN/c1-4-8-21-19(17-6-5-7-18(20)13-17)12-16-10-14(2)9-15(3)11-16/h5-7,9-11,13,19,21H,4,8,12H2,1-3H3. The summed E-state index contributed by atoms with van der Waals surface area (Å²) in [5, 5.41) is 3.70. The van der Waals surface area contributed by atoms with Crippen molar-refractivity contribution < 1.29 is 0 Å². The van der Waals surface area contributed by atoms with Crippen LogP contribution >= 0.6 is 22.6 Å². The van der Waals surface area contributed by atoms with Gasteiger partial charge in [0.25, 0.3) is 0 Å². The summed E-state index contributed by atoms with van der Waals surface area (Å²) in [5.74, 6) is 0. The summed E-state index contributed by atoms with van der Waals surface area (Å²) in [6, 6.07) is 16.1. The molecule has 0 saturated heterocycles. The minimum absolute atomic E-state index is 0.390. The molecule has 0 aliphatic rings. The molecule has 1 unspecified atom stereocenters. The van der Waals surface area contributed by atoms with E-state index in [1.165, 1.54) is 25.8 Å². The number of hydrogen-bond donors (Lipinski definition) is 1. The second kappa shape index (κ2) is 7.95. The van der Waals surface area contributed by atoms with Gasteiger partial charge in [-0.25, -0.2) is 0 Å². The van der Waals surface area contributed by atoms with Crippen LogP contribution in [0.3, 0.4) is 0 Å². The predicted octanol–water partition coefficient (Wildman–Crippen LogP) is 5.19. The second-order valence-corrected chi connectivity index (χ2v) is 7.01. The Kier molecular flexibility index (Phi) is 6.24. The maximum atomic E-state index is 3.70. The van der Waals surface area contributed by atoms with Crippen LogP contribution in [0.25, 0.3) is 0 Å². The quantitative estimate of drug-likeness (QED) is 0.666. The monoisotopic (exact) mass is 393 g/mol. The van der Waals surface area contributed by atoms with Gasteiger partial charge in [-0.2, -0.15) is 0 Å². The Morgan fingerprint density at radius 2 is 1.76 bits per heavy atom. The summed E-state index contributed by atoms with van der Waals surface area (Å²) >= 11 is 2.39. The van der Waals surface area contributed by atoms with Crippen LogP contribution in [0.15, 0.2) is 42.5 Å². The zero-order valence-electron chi connectivity index (χ0n) is 13.1. The fourth-order valence-corrected chi connectivity index (χ4v) is 3.34. The molecular weight excluding hydrogens is 369 g/mol. The number of halogens is 1. The van der Waals surface area contributed by atoms with E-state index in [2.05, 4.69) is 91.1 Å². The van der Waals surface area contributed by atoms with E-state index in [9.17, 15) is 0 Å².